The molecule has 0 bridgehead atoms. The van der Waals surface area contributed by atoms with E-state index in [9.17, 15) is 5.11 Å². The smallest absolute Gasteiger partial charge is 0.209 e. The Kier molecular flexibility index (Phi) is 7.00. The van der Waals surface area contributed by atoms with Gasteiger partial charge in [0.15, 0.2) is 5.58 Å². The Morgan fingerprint density at radius 3 is 2.60 bits per heavy atom. The molecule has 1 fully saturated rings. The molecule has 1 N–H and O–H groups in total. The minimum absolute atomic E-state index is 0.327. The van der Waals surface area contributed by atoms with Crippen molar-refractivity contribution in [2.45, 2.75) is 38.5 Å². The minimum Gasteiger partial charge on any atom is -0.491 e. The summed E-state index contributed by atoms with van der Waals surface area (Å²) in [5, 5.41) is 10.2. The Morgan fingerprint density at radius 2 is 1.83 bits per heavy atom. The van der Waals surface area contributed by atoms with E-state index in [0.717, 1.165) is 42.4 Å². The third-order valence-corrected chi connectivity index (χ3v) is 5.48. The van der Waals surface area contributed by atoms with Crippen LogP contribution >= 0.6 is 0 Å². The average Bonchev–Trinajstić information content (AvgIpc) is 3.16. The first-order valence-electron chi connectivity index (χ1n) is 10.8. The number of hydrogen-bond donors (Lipinski definition) is 1. The molecule has 1 atom stereocenters. The van der Waals surface area contributed by atoms with E-state index in [1.807, 2.05) is 36.4 Å². The number of β-amino-alcohol motifs (C(OH)–C–C–N with tert-alkyl or cyclic N) is 1. The summed E-state index contributed by atoms with van der Waals surface area (Å²) in [6, 6.07) is 15.9. The third kappa shape index (κ3) is 5.81. The number of likely N-dealkylation sites (tertiary alicyclic amines) is 1. The fourth-order valence-corrected chi connectivity index (χ4v) is 3.96. The van der Waals surface area contributed by atoms with Crippen LogP contribution in [0.15, 0.2) is 52.9 Å². The van der Waals surface area contributed by atoms with Crippen LogP contribution in [0, 0.1) is 0 Å². The van der Waals surface area contributed by atoms with Gasteiger partial charge in [-0.3, -0.25) is 4.90 Å². The number of nitrogens with zero attached hydrogens (tertiary/aromatic N) is 3. The predicted molar refractivity (Wildman–Crippen MR) is 117 cm³/mol. The molecule has 4 rings (SSSR count). The molecule has 0 saturated carbocycles. The zero-order chi connectivity index (χ0) is 20.8. The van der Waals surface area contributed by atoms with Gasteiger partial charge in [-0.1, -0.05) is 30.7 Å². The van der Waals surface area contributed by atoms with Gasteiger partial charge in [0, 0.05) is 13.1 Å². The molecule has 3 aromatic rings. The van der Waals surface area contributed by atoms with Crippen molar-refractivity contribution in [2.24, 2.45) is 0 Å². The molecule has 0 amide bonds. The van der Waals surface area contributed by atoms with Crippen molar-refractivity contribution in [3.63, 3.8) is 0 Å². The van der Waals surface area contributed by atoms with Crippen LogP contribution in [0.1, 0.15) is 30.7 Å². The highest BCUT2D eigenvalue weighted by molar-refractivity contribution is 5.72. The predicted octanol–water partition coefficient (Wildman–Crippen LogP) is 3.69. The van der Waals surface area contributed by atoms with Gasteiger partial charge in [0.1, 0.15) is 24.0 Å². The highest BCUT2D eigenvalue weighted by Gasteiger charge is 2.15. The number of ether oxygens (including phenoxy) is 1. The second-order valence-corrected chi connectivity index (χ2v) is 8.22. The number of piperidine rings is 1. The number of aliphatic hydroxyl groups excluding tert-OH is 1. The average molecular weight is 410 g/mol. The summed E-state index contributed by atoms with van der Waals surface area (Å²) in [5.74, 6) is 1.51. The molecule has 2 heterocycles. The van der Waals surface area contributed by atoms with Crippen molar-refractivity contribution < 1.29 is 14.3 Å². The molecule has 0 unspecified atom stereocenters. The summed E-state index contributed by atoms with van der Waals surface area (Å²) in [4.78, 5) is 9.03. The summed E-state index contributed by atoms with van der Waals surface area (Å²) < 4.78 is 11.6. The van der Waals surface area contributed by atoms with Crippen molar-refractivity contribution in [1.29, 1.82) is 0 Å². The molecule has 0 aliphatic carbocycles. The van der Waals surface area contributed by atoms with E-state index in [1.165, 1.54) is 24.8 Å². The zero-order valence-corrected chi connectivity index (χ0v) is 17.7. The van der Waals surface area contributed by atoms with Gasteiger partial charge in [-0.2, -0.15) is 0 Å². The maximum atomic E-state index is 10.2. The number of benzene rings is 2. The molecule has 1 aromatic heterocycles. The summed E-state index contributed by atoms with van der Waals surface area (Å²) in [7, 11) is 2.05. The van der Waals surface area contributed by atoms with Crippen molar-refractivity contribution in [2.75, 3.05) is 33.3 Å². The maximum Gasteiger partial charge on any atom is 0.209 e. The lowest BCUT2D eigenvalue weighted by atomic mass is 10.1. The Labute approximate surface area is 178 Å². The van der Waals surface area contributed by atoms with E-state index in [1.54, 1.807) is 0 Å². The second kappa shape index (κ2) is 10.1. The number of aromatic nitrogens is 1. The molecular formula is C24H31N3O3. The number of rotatable bonds is 9. The number of oxazole rings is 1. The maximum absolute atomic E-state index is 10.2. The highest BCUT2D eigenvalue weighted by atomic mass is 16.5. The van der Waals surface area contributed by atoms with Gasteiger partial charge in [0.25, 0.3) is 0 Å². The van der Waals surface area contributed by atoms with Crippen LogP contribution in [0.2, 0.25) is 0 Å². The first kappa shape index (κ1) is 20.8. The van der Waals surface area contributed by atoms with Gasteiger partial charge in [-0.25, -0.2) is 4.98 Å². The Morgan fingerprint density at radius 1 is 1.07 bits per heavy atom. The van der Waals surface area contributed by atoms with Crippen LogP contribution in [0.4, 0.5) is 0 Å². The van der Waals surface area contributed by atoms with E-state index in [2.05, 4.69) is 34.0 Å². The van der Waals surface area contributed by atoms with Gasteiger partial charge in [0.05, 0.1) is 6.54 Å². The Balaban J connectivity index is 1.22. The van der Waals surface area contributed by atoms with Crippen LogP contribution in [0.25, 0.3) is 11.1 Å². The number of aliphatic hydroxyl groups is 1. The molecule has 1 aliphatic rings. The standard InChI is InChI=1S/C24H31N3O3/c1-26(17-24-25-22-7-3-4-8-23(22)30-24)15-19-9-11-21(12-10-19)29-18-20(28)16-27-13-5-2-6-14-27/h3-4,7-12,20,28H,2,5-6,13-18H2,1H3/t20-/m1/s1. The van der Waals surface area contributed by atoms with Crippen LogP contribution in [0.5, 0.6) is 5.75 Å². The number of hydrogen-bond acceptors (Lipinski definition) is 6. The van der Waals surface area contributed by atoms with Crippen LogP contribution < -0.4 is 4.74 Å². The van der Waals surface area contributed by atoms with Gasteiger partial charge >= 0.3 is 0 Å². The lowest BCUT2D eigenvalue weighted by Gasteiger charge is -2.28. The van der Waals surface area contributed by atoms with E-state index in [4.69, 9.17) is 9.15 Å². The fraction of sp³-hybridized carbons (Fsp3) is 0.458. The lowest BCUT2D eigenvalue weighted by Crippen LogP contribution is -2.38. The first-order chi connectivity index (χ1) is 14.7. The zero-order valence-electron chi connectivity index (χ0n) is 17.7. The third-order valence-electron chi connectivity index (χ3n) is 5.48. The lowest BCUT2D eigenvalue weighted by molar-refractivity contribution is 0.0617. The quantitative estimate of drug-likeness (QED) is 0.582. The number of para-hydroxylation sites is 2. The highest BCUT2D eigenvalue weighted by Crippen LogP contribution is 2.18. The summed E-state index contributed by atoms with van der Waals surface area (Å²) in [6.45, 7) is 4.63. The van der Waals surface area contributed by atoms with Crippen LogP contribution in [0.3, 0.4) is 0 Å². The van der Waals surface area contributed by atoms with Crippen LogP contribution in [-0.2, 0) is 13.1 Å². The van der Waals surface area contributed by atoms with Crippen molar-refractivity contribution >= 4 is 11.1 Å². The fourth-order valence-electron chi connectivity index (χ4n) is 3.96. The minimum atomic E-state index is -0.454. The number of fused-ring (bicyclic) bond motifs is 1. The topological polar surface area (TPSA) is 62.0 Å². The van der Waals surface area contributed by atoms with E-state index >= 15 is 0 Å². The molecule has 6 nitrogen and oxygen atoms in total. The Hall–Kier alpha value is -2.41. The molecule has 6 heteroatoms. The van der Waals surface area contributed by atoms with Crippen molar-refractivity contribution in [1.82, 2.24) is 14.8 Å². The van der Waals surface area contributed by atoms with Crippen molar-refractivity contribution in [3.05, 3.63) is 60.0 Å². The van der Waals surface area contributed by atoms with Gasteiger partial charge in [-0.05, 0) is 62.8 Å². The van der Waals surface area contributed by atoms with E-state index in [-0.39, 0.29) is 0 Å². The molecule has 0 radical (unpaired) electrons. The van der Waals surface area contributed by atoms with Crippen LogP contribution in [-0.4, -0.2) is 59.3 Å². The SMILES string of the molecule is CN(Cc1ccc(OC[C@H](O)CN2CCCCC2)cc1)Cc1nc2ccccc2o1. The molecular weight excluding hydrogens is 378 g/mol. The molecule has 160 valence electrons. The van der Waals surface area contributed by atoms with E-state index in [0.29, 0.717) is 19.7 Å². The Bertz CT molecular complexity index is 886. The van der Waals surface area contributed by atoms with E-state index < -0.39 is 6.10 Å². The van der Waals surface area contributed by atoms with Crippen molar-refractivity contribution in [3.8, 4) is 5.75 Å². The largest absolute Gasteiger partial charge is 0.491 e. The summed E-state index contributed by atoms with van der Waals surface area (Å²) in [5.41, 5.74) is 2.91. The monoisotopic (exact) mass is 409 g/mol. The molecule has 1 aliphatic heterocycles. The normalized spacial score (nSPS) is 16.2. The van der Waals surface area contributed by atoms with Gasteiger partial charge < -0.3 is 19.2 Å². The van der Waals surface area contributed by atoms with Gasteiger partial charge in [0.2, 0.25) is 5.89 Å². The molecule has 30 heavy (non-hydrogen) atoms. The molecule has 0 spiro atoms. The van der Waals surface area contributed by atoms with Gasteiger partial charge in [-0.15, -0.1) is 0 Å². The summed E-state index contributed by atoms with van der Waals surface area (Å²) >= 11 is 0. The second-order valence-electron chi connectivity index (χ2n) is 8.22. The molecule has 2 aromatic carbocycles. The first-order valence-corrected chi connectivity index (χ1v) is 10.8. The summed E-state index contributed by atoms with van der Waals surface area (Å²) in [6.07, 6.45) is 3.32. The molecule has 1 saturated heterocycles.